The van der Waals surface area contributed by atoms with E-state index >= 15 is 0 Å². The first-order valence-electron chi connectivity index (χ1n) is 9.92. The Bertz CT molecular complexity index is 1330. The molecule has 3 rings (SSSR count). The van der Waals surface area contributed by atoms with E-state index in [9.17, 15) is 19.7 Å². The summed E-state index contributed by atoms with van der Waals surface area (Å²) in [6.07, 6.45) is 1.40. The summed E-state index contributed by atoms with van der Waals surface area (Å²) >= 11 is 10.0. The number of nitro groups is 1. The smallest absolute Gasteiger partial charge is 0.343 e. The largest absolute Gasteiger partial charge is 0.493 e. The predicted octanol–water partition coefficient (Wildman–Crippen LogP) is 5.64. The van der Waals surface area contributed by atoms with Crippen LogP contribution in [0, 0.1) is 10.1 Å². The summed E-state index contributed by atoms with van der Waals surface area (Å²) in [5.74, 6) is -0.0968. The third kappa shape index (κ3) is 7.35. The topological polar surface area (TPSA) is 129 Å². The van der Waals surface area contributed by atoms with E-state index in [1.165, 1.54) is 43.7 Å². The molecular formula is C23H16Br3N3O7. The van der Waals surface area contributed by atoms with E-state index in [0.29, 0.717) is 26.0 Å². The second-order valence-electron chi connectivity index (χ2n) is 6.88. The standard InChI is InChI=1S/C23H16Br3N3O7/c1-34-20-10-15(24)9-18(26)22(20)35-12-21(30)28-27-11-13-2-7-19(17(25)8-13)36-23(31)14-3-5-16(6-4-14)29(32)33/h2-11H,12H2,1H3,(H,28,30). The number of methoxy groups -OCH3 is 1. The lowest BCUT2D eigenvalue weighted by molar-refractivity contribution is -0.384. The van der Waals surface area contributed by atoms with E-state index < -0.39 is 16.8 Å². The molecular weight excluding hydrogens is 670 g/mol. The van der Waals surface area contributed by atoms with Gasteiger partial charge in [-0.3, -0.25) is 14.9 Å². The molecule has 13 heteroatoms. The molecule has 0 atom stereocenters. The van der Waals surface area contributed by atoms with Gasteiger partial charge in [0.1, 0.15) is 5.75 Å². The van der Waals surface area contributed by atoms with Crippen molar-refractivity contribution in [3.8, 4) is 17.2 Å². The molecule has 3 aromatic rings. The second kappa shape index (κ2) is 12.6. The Hall–Kier alpha value is -3.29. The molecule has 1 N–H and O–H groups in total. The van der Waals surface area contributed by atoms with Crippen molar-refractivity contribution >= 4 is 71.6 Å². The zero-order valence-electron chi connectivity index (χ0n) is 18.4. The molecule has 186 valence electrons. The molecule has 0 bridgehead atoms. The highest BCUT2D eigenvalue weighted by Crippen LogP contribution is 2.38. The van der Waals surface area contributed by atoms with Crippen LogP contribution in [0.15, 0.2) is 73.1 Å². The molecule has 0 aliphatic rings. The Morgan fingerprint density at radius 3 is 2.39 bits per heavy atom. The van der Waals surface area contributed by atoms with Crippen LogP contribution in [-0.4, -0.2) is 36.7 Å². The summed E-state index contributed by atoms with van der Waals surface area (Å²) in [6, 6.07) is 13.3. The van der Waals surface area contributed by atoms with Gasteiger partial charge in [-0.2, -0.15) is 5.10 Å². The van der Waals surface area contributed by atoms with Gasteiger partial charge < -0.3 is 14.2 Å². The molecule has 0 saturated heterocycles. The first-order chi connectivity index (χ1) is 17.2. The maximum absolute atomic E-state index is 12.3. The molecule has 0 aliphatic heterocycles. The number of amides is 1. The van der Waals surface area contributed by atoms with E-state index in [0.717, 1.165) is 4.47 Å². The van der Waals surface area contributed by atoms with E-state index in [1.807, 2.05) is 0 Å². The third-order valence-electron chi connectivity index (χ3n) is 4.42. The van der Waals surface area contributed by atoms with Gasteiger partial charge in [-0.15, -0.1) is 0 Å². The second-order valence-corrected chi connectivity index (χ2v) is 9.51. The van der Waals surface area contributed by atoms with Gasteiger partial charge in [0, 0.05) is 16.6 Å². The van der Waals surface area contributed by atoms with Crippen molar-refractivity contribution in [2.24, 2.45) is 5.10 Å². The van der Waals surface area contributed by atoms with Crippen LogP contribution in [0.3, 0.4) is 0 Å². The average Bonchev–Trinajstić information content (AvgIpc) is 2.84. The fourth-order valence-electron chi connectivity index (χ4n) is 2.74. The van der Waals surface area contributed by atoms with Crippen LogP contribution in [0.25, 0.3) is 0 Å². The van der Waals surface area contributed by atoms with Crippen LogP contribution in [-0.2, 0) is 4.79 Å². The van der Waals surface area contributed by atoms with Crippen molar-refractivity contribution in [3.05, 3.63) is 89.3 Å². The maximum atomic E-state index is 12.3. The van der Waals surface area contributed by atoms with Gasteiger partial charge in [0.05, 0.1) is 32.8 Å². The lowest BCUT2D eigenvalue weighted by atomic mass is 10.2. The van der Waals surface area contributed by atoms with Crippen molar-refractivity contribution in [2.45, 2.75) is 0 Å². The summed E-state index contributed by atoms with van der Waals surface area (Å²) in [5.41, 5.74) is 3.00. The fourth-order valence-corrected chi connectivity index (χ4v) is 4.51. The molecule has 0 spiro atoms. The van der Waals surface area contributed by atoms with Crippen LogP contribution in [0.4, 0.5) is 5.69 Å². The van der Waals surface area contributed by atoms with Crippen molar-refractivity contribution < 1.29 is 28.7 Å². The molecule has 3 aromatic carbocycles. The molecule has 1 amide bonds. The van der Waals surface area contributed by atoms with Gasteiger partial charge in [0.2, 0.25) is 0 Å². The van der Waals surface area contributed by atoms with Crippen molar-refractivity contribution in [1.82, 2.24) is 5.43 Å². The predicted molar refractivity (Wildman–Crippen MR) is 142 cm³/mol. The maximum Gasteiger partial charge on any atom is 0.343 e. The Balaban J connectivity index is 1.55. The number of hydrogen-bond donors (Lipinski definition) is 1. The highest BCUT2D eigenvalue weighted by Gasteiger charge is 2.14. The van der Waals surface area contributed by atoms with Crippen LogP contribution in [0.5, 0.6) is 17.2 Å². The van der Waals surface area contributed by atoms with Crippen LogP contribution >= 0.6 is 47.8 Å². The summed E-state index contributed by atoms with van der Waals surface area (Å²) in [6.45, 7) is -0.296. The average molecular weight is 686 g/mol. The highest BCUT2D eigenvalue weighted by molar-refractivity contribution is 9.11. The van der Waals surface area contributed by atoms with Crippen LogP contribution in [0.2, 0.25) is 0 Å². The highest BCUT2D eigenvalue weighted by atomic mass is 79.9. The molecule has 0 heterocycles. The molecule has 0 saturated carbocycles. The van der Waals surface area contributed by atoms with Crippen molar-refractivity contribution in [2.75, 3.05) is 13.7 Å². The van der Waals surface area contributed by atoms with Crippen LogP contribution < -0.4 is 19.6 Å². The van der Waals surface area contributed by atoms with Gasteiger partial charge in [-0.1, -0.05) is 15.9 Å². The lowest BCUT2D eigenvalue weighted by Gasteiger charge is -2.12. The number of halogens is 3. The van der Waals surface area contributed by atoms with E-state index in [2.05, 4.69) is 58.3 Å². The molecule has 0 aromatic heterocycles. The van der Waals surface area contributed by atoms with Crippen LogP contribution in [0.1, 0.15) is 15.9 Å². The van der Waals surface area contributed by atoms with E-state index in [4.69, 9.17) is 14.2 Å². The number of benzene rings is 3. The van der Waals surface area contributed by atoms with Gasteiger partial charge in [-0.05, 0) is 79.9 Å². The number of esters is 1. The number of hydrogen-bond acceptors (Lipinski definition) is 8. The summed E-state index contributed by atoms with van der Waals surface area (Å²) in [7, 11) is 1.49. The van der Waals surface area contributed by atoms with Gasteiger partial charge >= 0.3 is 5.97 Å². The SMILES string of the molecule is COc1cc(Br)cc(Br)c1OCC(=O)NN=Cc1ccc(OC(=O)c2ccc([N+](=O)[O-])cc2)c(Br)c1. The zero-order valence-corrected chi connectivity index (χ0v) is 23.1. The number of carbonyl (C=O) groups excluding carboxylic acids is 2. The third-order valence-corrected chi connectivity index (χ3v) is 6.08. The summed E-state index contributed by atoms with van der Waals surface area (Å²) in [5, 5.41) is 14.6. The van der Waals surface area contributed by atoms with Gasteiger partial charge in [0.25, 0.3) is 11.6 Å². The normalized spacial score (nSPS) is 10.7. The number of carbonyl (C=O) groups is 2. The van der Waals surface area contributed by atoms with Crippen molar-refractivity contribution in [1.29, 1.82) is 0 Å². The Morgan fingerprint density at radius 2 is 1.75 bits per heavy atom. The molecule has 0 radical (unpaired) electrons. The van der Waals surface area contributed by atoms with E-state index in [-0.39, 0.29) is 23.6 Å². The van der Waals surface area contributed by atoms with Gasteiger partial charge in [0.15, 0.2) is 18.1 Å². The molecule has 0 unspecified atom stereocenters. The minimum Gasteiger partial charge on any atom is -0.493 e. The lowest BCUT2D eigenvalue weighted by Crippen LogP contribution is -2.24. The van der Waals surface area contributed by atoms with Crippen molar-refractivity contribution in [3.63, 3.8) is 0 Å². The number of rotatable bonds is 9. The molecule has 0 aliphatic carbocycles. The molecule has 10 nitrogen and oxygen atoms in total. The minimum atomic E-state index is -0.673. The monoisotopic (exact) mass is 683 g/mol. The van der Waals surface area contributed by atoms with E-state index in [1.54, 1.807) is 24.3 Å². The summed E-state index contributed by atoms with van der Waals surface area (Å²) in [4.78, 5) is 34.6. The Labute approximate surface area is 230 Å². The summed E-state index contributed by atoms with van der Waals surface area (Å²) < 4.78 is 18.0. The van der Waals surface area contributed by atoms with Gasteiger partial charge in [-0.25, -0.2) is 10.2 Å². The Morgan fingerprint density at radius 1 is 1.03 bits per heavy atom. The number of nitrogens with one attached hydrogen (secondary N) is 1. The first-order valence-corrected chi connectivity index (χ1v) is 12.3. The molecule has 36 heavy (non-hydrogen) atoms. The number of non-ortho nitro benzene ring substituents is 1. The number of nitro benzene ring substituents is 1. The first kappa shape index (κ1) is 27.3. The minimum absolute atomic E-state index is 0.129. The zero-order chi connectivity index (χ0) is 26.2. The Kier molecular flexibility index (Phi) is 9.56. The fraction of sp³-hybridized carbons (Fsp3) is 0.0870. The number of ether oxygens (including phenoxy) is 3. The number of nitrogens with zero attached hydrogens (tertiary/aromatic N) is 2. The molecule has 0 fully saturated rings. The quantitative estimate of drug-likeness (QED) is 0.102. The number of hydrazone groups is 1.